The van der Waals surface area contributed by atoms with Crippen molar-refractivity contribution in [3.63, 3.8) is 0 Å². The maximum Gasteiger partial charge on any atom is 0.301 e. The highest BCUT2D eigenvalue weighted by Gasteiger charge is 2.40. The molecule has 0 atom stereocenters. The van der Waals surface area contributed by atoms with Gasteiger partial charge in [0.15, 0.2) is 5.76 Å². The molecule has 5 heteroatoms. The van der Waals surface area contributed by atoms with E-state index in [1.54, 1.807) is 42.5 Å². The van der Waals surface area contributed by atoms with Crippen molar-refractivity contribution in [1.82, 2.24) is 0 Å². The van der Waals surface area contributed by atoms with Gasteiger partial charge in [-0.15, -0.1) is 0 Å². The number of hydrogen-bond donors (Lipinski definition) is 1. The third kappa shape index (κ3) is 2.18. The maximum atomic E-state index is 12.6. The van der Waals surface area contributed by atoms with E-state index < -0.39 is 17.6 Å². The van der Waals surface area contributed by atoms with E-state index in [4.69, 9.17) is 11.6 Å². The Bertz CT molecular complexity index is 812. The molecule has 0 fully saturated rings. The Morgan fingerprint density at radius 1 is 1.00 bits per heavy atom. The van der Waals surface area contributed by atoms with Crippen LogP contribution in [0.4, 0.5) is 5.69 Å². The SMILES string of the molecule is Cc1ccc(N2C(=O)C(O)=C(c3ccccc3)C2=O)cc1Cl. The van der Waals surface area contributed by atoms with Crippen LogP contribution in [-0.4, -0.2) is 16.9 Å². The molecule has 0 spiro atoms. The molecule has 2 aromatic carbocycles. The molecule has 2 amide bonds. The molecule has 22 heavy (non-hydrogen) atoms. The van der Waals surface area contributed by atoms with Crippen molar-refractivity contribution >= 4 is 34.7 Å². The van der Waals surface area contributed by atoms with Gasteiger partial charge in [0, 0.05) is 5.02 Å². The summed E-state index contributed by atoms with van der Waals surface area (Å²) in [5.74, 6) is -1.86. The van der Waals surface area contributed by atoms with E-state index in [9.17, 15) is 14.7 Å². The first-order valence-corrected chi connectivity index (χ1v) is 7.02. The Labute approximate surface area is 132 Å². The molecule has 1 N–H and O–H groups in total. The minimum Gasteiger partial charge on any atom is -0.502 e. The van der Waals surface area contributed by atoms with Gasteiger partial charge in [-0.2, -0.15) is 0 Å². The molecule has 0 saturated carbocycles. The van der Waals surface area contributed by atoms with Crippen molar-refractivity contribution in [3.05, 3.63) is 70.4 Å². The number of imide groups is 1. The van der Waals surface area contributed by atoms with Crippen LogP contribution in [-0.2, 0) is 9.59 Å². The van der Waals surface area contributed by atoms with Gasteiger partial charge in [-0.05, 0) is 30.2 Å². The highest BCUT2D eigenvalue weighted by Crippen LogP contribution is 2.33. The lowest BCUT2D eigenvalue weighted by molar-refractivity contribution is -0.121. The number of anilines is 1. The summed E-state index contributed by atoms with van der Waals surface area (Å²) in [7, 11) is 0. The lowest BCUT2D eigenvalue weighted by Crippen LogP contribution is -2.31. The molecule has 0 unspecified atom stereocenters. The van der Waals surface area contributed by atoms with E-state index in [-0.39, 0.29) is 5.57 Å². The maximum absolute atomic E-state index is 12.6. The molecular formula is C17H12ClNO3. The topological polar surface area (TPSA) is 57.6 Å². The summed E-state index contributed by atoms with van der Waals surface area (Å²) in [6.07, 6.45) is 0. The number of benzene rings is 2. The van der Waals surface area contributed by atoms with Crippen molar-refractivity contribution in [2.45, 2.75) is 6.92 Å². The van der Waals surface area contributed by atoms with Crippen LogP contribution >= 0.6 is 11.6 Å². The Balaban J connectivity index is 2.06. The van der Waals surface area contributed by atoms with Crippen LogP contribution in [0.3, 0.4) is 0 Å². The number of aliphatic hydroxyl groups excluding tert-OH is 1. The number of amides is 2. The number of nitrogens with zero attached hydrogens (tertiary/aromatic N) is 1. The van der Waals surface area contributed by atoms with Crippen molar-refractivity contribution in [2.24, 2.45) is 0 Å². The predicted octanol–water partition coefficient (Wildman–Crippen LogP) is 3.49. The first-order chi connectivity index (χ1) is 10.5. The van der Waals surface area contributed by atoms with Crippen LogP contribution < -0.4 is 4.90 Å². The smallest absolute Gasteiger partial charge is 0.301 e. The number of carbonyl (C=O) groups excluding carboxylic acids is 2. The highest BCUT2D eigenvalue weighted by atomic mass is 35.5. The zero-order valence-electron chi connectivity index (χ0n) is 11.7. The quantitative estimate of drug-likeness (QED) is 0.863. The van der Waals surface area contributed by atoms with Gasteiger partial charge in [0.1, 0.15) is 0 Å². The van der Waals surface area contributed by atoms with Crippen LogP contribution in [0.15, 0.2) is 54.3 Å². The molecule has 4 nitrogen and oxygen atoms in total. The summed E-state index contributed by atoms with van der Waals surface area (Å²) in [6, 6.07) is 13.5. The summed E-state index contributed by atoms with van der Waals surface area (Å²) < 4.78 is 0. The third-order valence-electron chi connectivity index (χ3n) is 3.54. The monoisotopic (exact) mass is 313 g/mol. The van der Waals surface area contributed by atoms with E-state index in [1.165, 1.54) is 6.07 Å². The average molecular weight is 314 g/mol. The number of hydrogen-bond acceptors (Lipinski definition) is 3. The lowest BCUT2D eigenvalue weighted by Gasteiger charge is -2.15. The largest absolute Gasteiger partial charge is 0.502 e. The van der Waals surface area contributed by atoms with Gasteiger partial charge in [0.25, 0.3) is 5.91 Å². The zero-order chi connectivity index (χ0) is 15.9. The molecule has 0 saturated heterocycles. The fourth-order valence-corrected chi connectivity index (χ4v) is 2.51. The van der Waals surface area contributed by atoms with Crippen LogP contribution in [0.5, 0.6) is 0 Å². The molecule has 1 aliphatic rings. The van der Waals surface area contributed by atoms with Crippen LogP contribution in [0.1, 0.15) is 11.1 Å². The zero-order valence-corrected chi connectivity index (χ0v) is 12.5. The van der Waals surface area contributed by atoms with Crippen LogP contribution in [0.2, 0.25) is 5.02 Å². The molecular weight excluding hydrogens is 302 g/mol. The van der Waals surface area contributed by atoms with E-state index >= 15 is 0 Å². The molecule has 2 aromatic rings. The first kappa shape index (κ1) is 14.4. The van der Waals surface area contributed by atoms with Crippen LogP contribution in [0, 0.1) is 6.92 Å². The fourth-order valence-electron chi connectivity index (χ4n) is 2.34. The second kappa shape index (κ2) is 5.31. The summed E-state index contributed by atoms with van der Waals surface area (Å²) in [5, 5.41) is 10.5. The molecule has 0 aromatic heterocycles. The van der Waals surface area contributed by atoms with Gasteiger partial charge in [0.05, 0.1) is 11.3 Å². The Morgan fingerprint density at radius 3 is 2.32 bits per heavy atom. The predicted molar refractivity (Wildman–Crippen MR) is 84.7 cm³/mol. The first-order valence-electron chi connectivity index (χ1n) is 6.64. The number of rotatable bonds is 2. The Morgan fingerprint density at radius 2 is 1.68 bits per heavy atom. The van der Waals surface area contributed by atoms with Crippen molar-refractivity contribution in [2.75, 3.05) is 4.90 Å². The van der Waals surface area contributed by atoms with Gasteiger partial charge in [-0.1, -0.05) is 48.0 Å². The molecule has 1 heterocycles. The Kier molecular flexibility index (Phi) is 3.47. The molecule has 3 rings (SSSR count). The molecule has 0 bridgehead atoms. The number of aryl methyl sites for hydroxylation is 1. The lowest BCUT2D eigenvalue weighted by atomic mass is 10.1. The summed E-state index contributed by atoms with van der Waals surface area (Å²) in [4.78, 5) is 25.8. The van der Waals surface area contributed by atoms with Crippen molar-refractivity contribution < 1.29 is 14.7 Å². The Hall–Kier alpha value is -2.59. The van der Waals surface area contributed by atoms with E-state index in [2.05, 4.69) is 0 Å². The second-order valence-electron chi connectivity index (χ2n) is 4.97. The normalized spacial score (nSPS) is 14.9. The average Bonchev–Trinajstić information content (AvgIpc) is 2.73. The van der Waals surface area contributed by atoms with E-state index in [0.29, 0.717) is 16.3 Å². The van der Waals surface area contributed by atoms with Crippen molar-refractivity contribution in [3.8, 4) is 0 Å². The number of carbonyl (C=O) groups is 2. The standard InChI is InChI=1S/C17H12ClNO3/c1-10-7-8-12(9-13(10)18)19-16(21)14(15(20)17(19)22)11-5-3-2-4-6-11/h2-9,20H,1H3. The van der Waals surface area contributed by atoms with E-state index in [1.807, 2.05) is 6.92 Å². The molecule has 0 aliphatic carbocycles. The van der Waals surface area contributed by atoms with E-state index in [0.717, 1.165) is 10.5 Å². The van der Waals surface area contributed by atoms with Gasteiger partial charge in [-0.3, -0.25) is 9.59 Å². The minimum absolute atomic E-state index is 0.00213. The summed E-state index contributed by atoms with van der Waals surface area (Å²) >= 11 is 6.05. The highest BCUT2D eigenvalue weighted by molar-refractivity contribution is 6.45. The second-order valence-corrected chi connectivity index (χ2v) is 5.38. The fraction of sp³-hybridized carbons (Fsp3) is 0.0588. The molecule has 110 valence electrons. The molecule has 0 radical (unpaired) electrons. The third-order valence-corrected chi connectivity index (χ3v) is 3.94. The van der Waals surface area contributed by atoms with Gasteiger partial charge < -0.3 is 5.11 Å². The summed E-state index contributed by atoms with van der Waals surface area (Å²) in [6.45, 7) is 1.82. The molecule has 1 aliphatic heterocycles. The van der Waals surface area contributed by atoms with Gasteiger partial charge in [0.2, 0.25) is 0 Å². The van der Waals surface area contributed by atoms with Gasteiger partial charge in [-0.25, -0.2) is 4.90 Å². The minimum atomic E-state index is -0.747. The number of aliphatic hydroxyl groups is 1. The van der Waals surface area contributed by atoms with Gasteiger partial charge >= 0.3 is 5.91 Å². The van der Waals surface area contributed by atoms with Crippen LogP contribution in [0.25, 0.3) is 5.57 Å². The van der Waals surface area contributed by atoms with Crippen molar-refractivity contribution in [1.29, 1.82) is 0 Å². The number of halogens is 1. The summed E-state index contributed by atoms with van der Waals surface area (Å²) in [5.41, 5.74) is 1.68.